The van der Waals surface area contributed by atoms with Crippen molar-refractivity contribution in [2.75, 3.05) is 13.2 Å². The molecule has 0 radical (unpaired) electrons. The van der Waals surface area contributed by atoms with Gasteiger partial charge in [0.2, 0.25) is 0 Å². The average molecular weight is 1050 g/mol. The lowest BCUT2D eigenvalue weighted by Gasteiger charge is -2.18. The molecule has 0 saturated heterocycles. The fourth-order valence-electron chi connectivity index (χ4n) is 9.06. The second kappa shape index (κ2) is 63.1. The quantitative estimate of drug-likeness (QED) is 0.0261. The second-order valence-electron chi connectivity index (χ2n) is 21.3. The van der Waals surface area contributed by atoms with Crippen molar-refractivity contribution >= 4 is 17.9 Å². The molecule has 6 heteroatoms. The number of carbonyl (C=O) groups is 3. The molecule has 0 bridgehead atoms. The monoisotopic (exact) mass is 1040 g/mol. The molecule has 0 fully saturated rings. The van der Waals surface area contributed by atoms with Crippen LogP contribution in [0.3, 0.4) is 0 Å². The zero-order chi connectivity index (χ0) is 54.3. The molecule has 0 saturated carbocycles. The molecule has 0 spiro atoms. The Bertz CT molecular complexity index is 1430. The maximum absolute atomic E-state index is 12.9. The van der Waals surface area contributed by atoms with Gasteiger partial charge in [0.05, 0.1) is 0 Å². The van der Waals surface area contributed by atoms with E-state index in [9.17, 15) is 14.4 Å². The van der Waals surface area contributed by atoms with E-state index < -0.39 is 6.10 Å². The third-order valence-electron chi connectivity index (χ3n) is 13.8. The largest absolute Gasteiger partial charge is 0.462 e. The molecule has 432 valence electrons. The Balaban J connectivity index is 4.31. The maximum Gasteiger partial charge on any atom is 0.306 e. The average Bonchev–Trinajstić information content (AvgIpc) is 3.41. The minimum Gasteiger partial charge on any atom is -0.462 e. The number of hydrogen-bond acceptors (Lipinski definition) is 6. The summed E-state index contributed by atoms with van der Waals surface area (Å²) in [4.78, 5) is 38.3. The van der Waals surface area contributed by atoms with Crippen molar-refractivity contribution in [2.24, 2.45) is 0 Å². The van der Waals surface area contributed by atoms with Crippen molar-refractivity contribution in [2.45, 2.75) is 322 Å². The molecule has 0 N–H and O–H groups in total. The van der Waals surface area contributed by atoms with Crippen molar-refractivity contribution in [3.05, 3.63) is 85.1 Å². The number of esters is 3. The summed E-state index contributed by atoms with van der Waals surface area (Å²) in [7, 11) is 0. The van der Waals surface area contributed by atoms with Crippen molar-refractivity contribution in [3.8, 4) is 0 Å². The number of carbonyl (C=O) groups excluding carboxylic acids is 3. The van der Waals surface area contributed by atoms with Crippen LogP contribution in [0, 0.1) is 0 Å². The predicted molar refractivity (Wildman–Crippen MR) is 325 cm³/mol. The first-order valence-electron chi connectivity index (χ1n) is 32.1. The SMILES string of the molecule is CC/C=C\C/C=C\C/C=C\C/C=C\CCCCCCCCC(=O)OC(COC(=O)CCCCCCC/C=C\C/C=C\CCC)COC(=O)CCCCCCCCCCCCCCC/C=C\CCCCCCCCCC. The van der Waals surface area contributed by atoms with E-state index in [1.54, 1.807) is 0 Å². The molecule has 0 heterocycles. The molecule has 0 aliphatic heterocycles. The number of allylic oxidation sites excluding steroid dienone is 14. The maximum atomic E-state index is 12.9. The molecule has 0 aromatic heterocycles. The van der Waals surface area contributed by atoms with Crippen LogP contribution in [0.15, 0.2) is 85.1 Å². The number of unbranched alkanes of at least 4 members (excludes halogenated alkanes) is 33. The molecule has 1 atom stereocenters. The van der Waals surface area contributed by atoms with E-state index in [0.717, 1.165) is 128 Å². The van der Waals surface area contributed by atoms with E-state index in [-0.39, 0.29) is 31.1 Å². The predicted octanol–water partition coefficient (Wildman–Crippen LogP) is 21.9. The Kier molecular flexibility index (Phi) is 60.3. The number of hydrogen-bond donors (Lipinski definition) is 0. The Morgan fingerprint density at radius 3 is 0.880 bits per heavy atom. The van der Waals surface area contributed by atoms with Gasteiger partial charge < -0.3 is 14.2 Å². The number of rotatable bonds is 58. The lowest BCUT2D eigenvalue weighted by atomic mass is 10.0. The van der Waals surface area contributed by atoms with E-state index in [1.165, 1.54) is 148 Å². The Morgan fingerprint density at radius 1 is 0.280 bits per heavy atom. The first kappa shape index (κ1) is 71.6. The van der Waals surface area contributed by atoms with Gasteiger partial charge in [0.25, 0.3) is 0 Å². The lowest BCUT2D eigenvalue weighted by molar-refractivity contribution is -0.167. The van der Waals surface area contributed by atoms with Crippen LogP contribution in [-0.2, 0) is 28.6 Å². The van der Waals surface area contributed by atoms with Crippen LogP contribution < -0.4 is 0 Å². The molecule has 75 heavy (non-hydrogen) atoms. The lowest BCUT2D eigenvalue weighted by Crippen LogP contribution is -2.30. The summed E-state index contributed by atoms with van der Waals surface area (Å²) in [5, 5.41) is 0. The van der Waals surface area contributed by atoms with Crippen LogP contribution >= 0.6 is 0 Å². The van der Waals surface area contributed by atoms with Crippen molar-refractivity contribution in [3.63, 3.8) is 0 Å². The van der Waals surface area contributed by atoms with E-state index in [2.05, 4.69) is 106 Å². The van der Waals surface area contributed by atoms with Gasteiger partial charge in [0.15, 0.2) is 6.10 Å². The topological polar surface area (TPSA) is 78.9 Å². The molecule has 0 amide bonds. The molecule has 0 rings (SSSR count). The third-order valence-corrected chi connectivity index (χ3v) is 13.8. The summed E-state index contributed by atoms with van der Waals surface area (Å²) in [6, 6.07) is 0. The molecule has 1 unspecified atom stereocenters. The summed E-state index contributed by atoms with van der Waals surface area (Å²) < 4.78 is 16.9. The van der Waals surface area contributed by atoms with E-state index >= 15 is 0 Å². The summed E-state index contributed by atoms with van der Waals surface area (Å²) in [5.74, 6) is -0.904. The third kappa shape index (κ3) is 61.3. The first-order chi connectivity index (χ1) is 37.0. The highest BCUT2D eigenvalue weighted by Gasteiger charge is 2.19. The zero-order valence-electron chi connectivity index (χ0n) is 49.6. The molecular weight excluding hydrogens is 925 g/mol. The summed E-state index contributed by atoms with van der Waals surface area (Å²) >= 11 is 0. The number of ether oxygens (including phenoxy) is 3. The van der Waals surface area contributed by atoms with Crippen LogP contribution in [0.4, 0.5) is 0 Å². The summed E-state index contributed by atoms with van der Waals surface area (Å²) in [6.45, 7) is 6.47. The first-order valence-corrected chi connectivity index (χ1v) is 32.1. The standard InChI is InChI=1S/C69H120O6/c1-4-7-10-13-16-19-22-25-27-29-31-32-33-34-35-36-38-39-41-44-47-50-53-56-59-62-68(71)74-65-66(64-73-67(70)61-58-55-52-49-46-43-24-21-18-15-12-9-6-3)75-69(72)63-60-57-54-51-48-45-42-40-37-30-28-26-23-20-17-14-11-8-5-2/h8,11-12,15,17,20-21,24,26,28-29,31,37,40,66H,4-7,9-10,13-14,16,18-19,22-23,25,27,30,32-36,38-39,41-65H2,1-3H3/b11-8-,15-12-,20-17-,24-21-,28-26-,31-29-,40-37-. The Hall–Kier alpha value is -3.41. The molecule has 6 nitrogen and oxygen atoms in total. The van der Waals surface area contributed by atoms with Crippen LogP contribution in [-0.4, -0.2) is 37.2 Å². The molecule has 0 aliphatic rings. The fourth-order valence-corrected chi connectivity index (χ4v) is 9.06. The van der Waals surface area contributed by atoms with E-state index in [4.69, 9.17) is 14.2 Å². The van der Waals surface area contributed by atoms with Gasteiger partial charge in [-0.05, 0) is 109 Å². The second-order valence-corrected chi connectivity index (χ2v) is 21.3. The van der Waals surface area contributed by atoms with Gasteiger partial charge in [-0.2, -0.15) is 0 Å². The normalized spacial score (nSPS) is 12.6. The molecular formula is C69H120O6. The Morgan fingerprint density at radius 2 is 0.547 bits per heavy atom. The molecule has 0 aliphatic carbocycles. The molecule has 0 aromatic carbocycles. The zero-order valence-corrected chi connectivity index (χ0v) is 49.6. The Labute approximate surface area is 465 Å². The van der Waals surface area contributed by atoms with Crippen molar-refractivity contribution < 1.29 is 28.6 Å². The van der Waals surface area contributed by atoms with Crippen LogP contribution in [0.1, 0.15) is 316 Å². The van der Waals surface area contributed by atoms with Gasteiger partial charge >= 0.3 is 17.9 Å². The summed E-state index contributed by atoms with van der Waals surface area (Å²) in [6.07, 6.45) is 83.1. The van der Waals surface area contributed by atoms with E-state index in [1.807, 2.05) is 0 Å². The van der Waals surface area contributed by atoms with Gasteiger partial charge in [0, 0.05) is 19.3 Å². The van der Waals surface area contributed by atoms with Crippen LogP contribution in [0.25, 0.3) is 0 Å². The minimum absolute atomic E-state index is 0.0859. The summed E-state index contributed by atoms with van der Waals surface area (Å²) in [5.41, 5.74) is 0. The van der Waals surface area contributed by atoms with Crippen LogP contribution in [0.5, 0.6) is 0 Å². The van der Waals surface area contributed by atoms with E-state index in [0.29, 0.717) is 19.3 Å². The van der Waals surface area contributed by atoms with Gasteiger partial charge in [0.1, 0.15) is 13.2 Å². The van der Waals surface area contributed by atoms with Gasteiger partial charge in [-0.15, -0.1) is 0 Å². The van der Waals surface area contributed by atoms with Gasteiger partial charge in [-0.25, -0.2) is 0 Å². The van der Waals surface area contributed by atoms with Gasteiger partial charge in [-0.1, -0.05) is 273 Å². The van der Waals surface area contributed by atoms with Gasteiger partial charge in [-0.3, -0.25) is 14.4 Å². The fraction of sp³-hybridized carbons (Fsp3) is 0.754. The van der Waals surface area contributed by atoms with Crippen molar-refractivity contribution in [1.29, 1.82) is 0 Å². The molecule has 0 aromatic rings. The smallest absolute Gasteiger partial charge is 0.306 e. The van der Waals surface area contributed by atoms with Crippen LogP contribution in [0.2, 0.25) is 0 Å². The highest BCUT2D eigenvalue weighted by molar-refractivity contribution is 5.71. The highest BCUT2D eigenvalue weighted by Crippen LogP contribution is 2.16. The minimum atomic E-state index is -0.791. The highest BCUT2D eigenvalue weighted by atomic mass is 16.6. The van der Waals surface area contributed by atoms with Crippen molar-refractivity contribution in [1.82, 2.24) is 0 Å².